The molecule has 8 nitrogen and oxygen atoms in total. The van der Waals surface area contributed by atoms with E-state index in [0.29, 0.717) is 35.2 Å². The van der Waals surface area contributed by atoms with Gasteiger partial charge in [0.1, 0.15) is 12.5 Å². The van der Waals surface area contributed by atoms with Crippen molar-refractivity contribution >= 4 is 24.9 Å². The molecule has 1 aromatic carbocycles. The second-order valence-corrected chi connectivity index (χ2v) is 14.4. The number of aromatic nitrogens is 3. The van der Waals surface area contributed by atoms with Crippen LogP contribution >= 0.6 is 0 Å². The van der Waals surface area contributed by atoms with Gasteiger partial charge in [0.15, 0.2) is 14.1 Å². The van der Waals surface area contributed by atoms with Gasteiger partial charge in [-0.2, -0.15) is 0 Å². The van der Waals surface area contributed by atoms with Gasteiger partial charge in [-0.05, 0) is 30.6 Å². The number of aliphatic hydroxyl groups is 1. The molecule has 1 aliphatic heterocycles. The van der Waals surface area contributed by atoms with Crippen LogP contribution in [0.1, 0.15) is 27.2 Å². The highest BCUT2D eigenvalue weighted by Gasteiger charge is 2.40. The van der Waals surface area contributed by atoms with Gasteiger partial charge in [-0.25, -0.2) is 9.18 Å². The second kappa shape index (κ2) is 7.61. The third kappa shape index (κ3) is 3.95. The Kier molecular flexibility index (Phi) is 5.35. The smallest absolute Gasteiger partial charge is 0.412 e. The summed E-state index contributed by atoms with van der Waals surface area (Å²) in [7, 11) is -1.91. The molecule has 1 saturated heterocycles. The van der Waals surface area contributed by atoms with Crippen LogP contribution in [0.25, 0.3) is 22.3 Å². The number of aromatic amines is 1. The van der Waals surface area contributed by atoms with E-state index < -0.39 is 14.1 Å². The standard InChI is InChI=1S/C21H29FN4O4Si/c1-21(2,3)31(4,5)30-13-6-7-25(10-13)18-8-14-15(19-23-20(28)29-24-19)11-26(12-27)17(14)9-16(18)22/h8-9,11,13,27H,6-7,10,12H2,1-5H3,(H,23,24,28)/t13-/m0/s1. The zero-order valence-electron chi connectivity index (χ0n) is 18.5. The Balaban J connectivity index is 1.67. The molecular formula is C21H29FN4O4Si. The Labute approximate surface area is 180 Å². The zero-order chi connectivity index (χ0) is 22.6. The van der Waals surface area contributed by atoms with Crippen molar-refractivity contribution in [3.05, 3.63) is 34.7 Å². The molecule has 0 radical (unpaired) electrons. The lowest BCUT2D eigenvalue weighted by molar-refractivity contribution is 0.202. The van der Waals surface area contributed by atoms with Crippen molar-refractivity contribution in [1.82, 2.24) is 14.7 Å². The first-order valence-corrected chi connectivity index (χ1v) is 13.3. The molecule has 3 heterocycles. The fourth-order valence-corrected chi connectivity index (χ4v) is 5.21. The van der Waals surface area contributed by atoms with E-state index in [4.69, 9.17) is 4.43 Å². The molecule has 0 spiro atoms. The molecular weight excluding hydrogens is 419 g/mol. The lowest BCUT2D eigenvalue weighted by Gasteiger charge is -2.38. The maximum absolute atomic E-state index is 15.1. The first-order valence-electron chi connectivity index (χ1n) is 10.4. The normalized spacial score (nSPS) is 17.8. The Morgan fingerprint density at radius 1 is 1.39 bits per heavy atom. The van der Waals surface area contributed by atoms with Gasteiger partial charge in [-0.15, -0.1) is 0 Å². The number of anilines is 1. The molecule has 3 aromatic rings. The number of halogens is 1. The Bertz CT molecular complexity index is 1160. The summed E-state index contributed by atoms with van der Waals surface area (Å²) in [6.07, 6.45) is 2.52. The highest BCUT2D eigenvalue weighted by Crippen LogP contribution is 2.39. The van der Waals surface area contributed by atoms with Crippen LogP contribution in [0.4, 0.5) is 10.1 Å². The van der Waals surface area contributed by atoms with Gasteiger partial charge in [0.05, 0.1) is 17.3 Å². The van der Waals surface area contributed by atoms with Gasteiger partial charge in [-0.3, -0.25) is 9.51 Å². The van der Waals surface area contributed by atoms with E-state index in [1.807, 2.05) is 4.90 Å². The maximum Gasteiger partial charge on any atom is 0.439 e. The van der Waals surface area contributed by atoms with E-state index in [0.717, 1.165) is 6.42 Å². The highest BCUT2D eigenvalue weighted by molar-refractivity contribution is 6.74. The summed E-state index contributed by atoms with van der Waals surface area (Å²) in [6, 6.07) is 3.15. The average Bonchev–Trinajstić information content (AvgIpc) is 3.38. The van der Waals surface area contributed by atoms with Gasteiger partial charge >= 0.3 is 5.76 Å². The molecule has 31 heavy (non-hydrogen) atoms. The summed E-state index contributed by atoms with van der Waals surface area (Å²) >= 11 is 0. The topological polar surface area (TPSA) is 96.5 Å². The summed E-state index contributed by atoms with van der Waals surface area (Å²) in [4.78, 5) is 15.9. The molecule has 10 heteroatoms. The van der Waals surface area contributed by atoms with Crippen LogP contribution in [0, 0.1) is 5.82 Å². The second-order valence-electron chi connectivity index (χ2n) is 9.65. The van der Waals surface area contributed by atoms with E-state index in [1.165, 1.54) is 10.6 Å². The van der Waals surface area contributed by atoms with Crippen molar-refractivity contribution in [3.8, 4) is 11.4 Å². The first-order chi connectivity index (χ1) is 14.5. The molecule has 0 saturated carbocycles. The van der Waals surface area contributed by atoms with Gasteiger partial charge in [-0.1, -0.05) is 25.9 Å². The van der Waals surface area contributed by atoms with Crippen LogP contribution in [0.3, 0.4) is 0 Å². The molecule has 1 fully saturated rings. The van der Waals surface area contributed by atoms with Crippen molar-refractivity contribution in [2.24, 2.45) is 0 Å². The van der Waals surface area contributed by atoms with Gasteiger partial charge in [0, 0.05) is 36.3 Å². The average molecular weight is 449 g/mol. The predicted molar refractivity (Wildman–Crippen MR) is 119 cm³/mol. The molecule has 0 unspecified atom stereocenters. The fraction of sp³-hybridized carbons (Fsp3) is 0.524. The van der Waals surface area contributed by atoms with Crippen molar-refractivity contribution in [2.75, 3.05) is 18.0 Å². The van der Waals surface area contributed by atoms with Gasteiger partial charge in [0.2, 0.25) is 0 Å². The number of hydrogen-bond acceptors (Lipinski definition) is 6. The van der Waals surface area contributed by atoms with E-state index >= 15 is 4.39 Å². The number of benzene rings is 1. The molecule has 1 aliphatic rings. The lowest BCUT2D eigenvalue weighted by atomic mass is 10.1. The molecule has 4 rings (SSSR count). The van der Waals surface area contributed by atoms with Crippen LogP contribution in [-0.2, 0) is 11.2 Å². The molecule has 0 aliphatic carbocycles. The summed E-state index contributed by atoms with van der Waals surface area (Å²) in [5, 5.41) is 14.2. The van der Waals surface area contributed by atoms with Crippen LogP contribution < -0.4 is 10.7 Å². The third-order valence-corrected chi connectivity index (χ3v) is 11.1. The van der Waals surface area contributed by atoms with Crippen molar-refractivity contribution < 1.29 is 18.4 Å². The minimum atomic E-state index is -1.91. The minimum Gasteiger partial charge on any atom is -0.412 e. The Morgan fingerprint density at radius 2 is 2.13 bits per heavy atom. The molecule has 168 valence electrons. The lowest BCUT2D eigenvalue weighted by Crippen LogP contribution is -2.44. The molecule has 0 amide bonds. The Morgan fingerprint density at radius 3 is 2.74 bits per heavy atom. The quantitative estimate of drug-likeness (QED) is 0.578. The SMILES string of the molecule is CC(C)(C)[Si](C)(C)O[C@H]1CCN(c2cc3c(-c4noc(=O)[nH]4)cn(CO)c3cc2F)C1. The third-order valence-electron chi connectivity index (χ3n) is 6.55. The van der Waals surface area contributed by atoms with Gasteiger partial charge in [0.25, 0.3) is 0 Å². The van der Waals surface area contributed by atoms with Crippen LogP contribution in [-0.4, -0.2) is 47.3 Å². The molecule has 1 atom stereocenters. The van der Waals surface area contributed by atoms with E-state index in [-0.39, 0.29) is 29.5 Å². The highest BCUT2D eigenvalue weighted by atomic mass is 28.4. The van der Waals surface area contributed by atoms with Crippen LogP contribution in [0.2, 0.25) is 18.1 Å². The number of hydrogen-bond donors (Lipinski definition) is 2. The summed E-state index contributed by atoms with van der Waals surface area (Å²) in [6.45, 7) is 12.1. The van der Waals surface area contributed by atoms with Crippen LogP contribution in [0.5, 0.6) is 0 Å². The fourth-order valence-electron chi connectivity index (χ4n) is 3.83. The van der Waals surface area contributed by atoms with Crippen LogP contribution in [0.15, 0.2) is 27.6 Å². The number of H-pyrrole nitrogens is 1. The number of nitrogens with one attached hydrogen (secondary N) is 1. The monoisotopic (exact) mass is 448 g/mol. The molecule has 0 bridgehead atoms. The van der Waals surface area contributed by atoms with Crippen molar-refractivity contribution in [2.45, 2.75) is 58.2 Å². The number of rotatable bonds is 5. The van der Waals surface area contributed by atoms with E-state index in [1.54, 1.807) is 12.3 Å². The summed E-state index contributed by atoms with van der Waals surface area (Å²) in [5.41, 5.74) is 1.54. The molecule has 2 N–H and O–H groups in total. The minimum absolute atomic E-state index is 0.0596. The van der Waals surface area contributed by atoms with E-state index in [9.17, 15) is 9.90 Å². The number of fused-ring (bicyclic) bond motifs is 1. The number of aliphatic hydroxyl groups excluding tert-OH is 1. The van der Waals surface area contributed by atoms with Crippen molar-refractivity contribution in [1.29, 1.82) is 0 Å². The maximum atomic E-state index is 15.1. The molecule has 2 aromatic heterocycles. The first kappa shape index (κ1) is 21.8. The zero-order valence-corrected chi connectivity index (χ0v) is 19.5. The number of nitrogens with zero attached hydrogens (tertiary/aromatic N) is 3. The van der Waals surface area contributed by atoms with E-state index in [2.05, 4.69) is 48.5 Å². The largest absolute Gasteiger partial charge is 0.439 e. The van der Waals surface area contributed by atoms with Gasteiger partial charge < -0.3 is 19.0 Å². The summed E-state index contributed by atoms with van der Waals surface area (Å²) in [5.74, 6) is -0.804. The van der Waals surface area contributed by atoms with Crippen molar-refractivity contribution in [3.63, 3.8) is 0 Å². The predicted octanol–water partition coefficient (Wildman–Crippen LogP) is 3.67. The summed E-state index contributed by atoms with van der Waals surface area (Å²) < 4.78 is 27.8. The Hall–Kier alpha value is -2.43.